The first-order valence-corrected chi connectivity index (χ1v) is 7.13. The normalized spacial score (nSPS) is 23.3. The van der Waals surface area contributed by atoms with E-state index in [1.54, 1.807) is 10.9 Å². The van der Waals surface area contributed by atoms with Crippen molar-refractivity contribution in [3.05, 3.63) is 11.9 Å². The zero-order valence-corrected chi connectivity index (χ0v) is 12.1. The van der Waals surface area contributed by atoms with Gasteiger partial charge in [-0.3, -0.25) is 9.48 Å². The smallest absolute Gasteiger partial charge is 0.276 e. The van der Waals surface area contributed by atoms with Crippen molar-refractivity contribution in [3.8, 4) is 0 Å². The zero-order chi connectivity index (χ0) is 14.0. The number of amides is 1. The van der Waals surface area contributed by atoms with E-state index in [0.717, 1.165) is 25.3 Å². The second-order valence-electron chi connectivity index (χ2n) is 5.62. The fourth-order valence-corrected chi connectivity index (χ4v) is 2.73. The number of rotatable bonds is 3. The van der Waals surface area contributed by atoms with Gasteiger partial charge >= 0.3 is 0 Å². The molecular formula is C14H24N4O. The van der Waals surface area contributed by atoms with Gasteiger partial charge in [0.2, 0.25) is 0 Å². The van der Waals surface area contributed by atoms with Crippen LogP contribution >= 0.6 is 0 Å². The summed E-state index contributed by atoms with van der Waals surface area (Å²) in [7, 11) is 1.87. The van der Waals surface area contributed by atoms with E-state index in [9.17, 15) is 4.79 Å². The molecule has 106 valence electrons. The first kappa shape index (κ1) is 13.9. The van der Waals surface area contributed by atoms with Gasteiger partial charge in [0.05, 0.1) is 5.69 Å². The highest BCUT2D eigenvalue weighted by Crippen LogP contribution is 2.27. The first-order chi connectivity index (χ1) is 9.02. The molecule has 19 heavy (non-hydrogen) atoms. The molecule has 5 nitrogen and oxygen atoms in total. The van der Waals surface area contributed by atoms with Crippen molar-refractivity contribution >= 4 is 11.6 Å². The summed E-state index contributed by atoms with van der Waals surface area (Å²) in [6.45, 7) is 4.98. The molecule has 1 aromatic heterocycles. The van der Waals surface area contributed by atoms with E-state index in [-0.39, 0.29) is 5.91 Å². The van der Waals surface area contributed by atoms with Crippen molar-refractivity contribution in [2.24, 2.45) is 5.92 Å². The van der Waals surface area contributed by atoms with Gasteiger partial charge in [0, 0.05) is 25.8 Å². The Morgan fingerprint density at radius 3 is 2.63 bits per heavy atom. The van der Waals surface area contributed by atoms with Crippen LogP contribution in [0.5, 0.6) is 0 Å². The molecule has 0 bridgehead atoms. The third-order valence-electron chi connectivity index (χ3n) is 4.17. The maximum absolute atomic E-state index is 12.4. The SMILES string of the molecule is CCn1cc(N)c(C(=O)N(C)C2CCC(C)CC2)n1. The van der Waals surface area contributed by atoms with Crippen LogP contribution in [0.4, 0.5) is 5.69 Å². The quantitative estimate of drug-likeness (QED) is 0.909. The molecule has 0 saturated heterocycles. The highest BCUT2D eigenvalue weighted by molar-refractivity contribution is 5.97. The van der Waals surface area contributed by atoms with E-state index in [0.29, 0.717) is 17.4 Å². The summed E-state index contributed by atoms with van der Waals surface area (Å²) < 4.78 is 1.71. The number of hydrogen-bond donors (Lipinski definition) is 1. The van der Waals surface area contributed by atoms with Crippen molar-refractivity contribution in [1.29, 1.82) is 0 Å². The predicted molar refractivity (Wildman–Crippen MR) is 75.8 cm³/mol. The molecule has 5 heteroatoms. The lowest BCUT2D eigenvalue weighted by atomic mass is 9.86. The molecule has 2 rings (SSSR count). The van der Waals surface area contributed by atoms with Crippen molar-refractivity contribution in [2.45, 2.75) is 52.1 Å². The Morgan fingerprint density at radius 1 is 1.47 bits per heavy atom. The molecule has 0 aromatic carbocycles. The van der Waals surface area contributed by atoms with E-state index in [1.807, 2.05) is 18.9 Å². The Labute approximate surface area is 114 Å². The number of anilines is 1. The second kappa shape index (κ2) is 5.63. The van der Waals surface area contributed by atoms with E-state index >= 15 is 0 Å². The van der Waals surface area contributed by atoms with Crippen LogP contribution in [0.2, 0.25) is 0 Å². The van der Waals surface area contributed by atoms with Gasteiger partial charge in [0.25, 0.3) is 5.91 Å². The maximum Gasteiger partial charge on any atom is 0.276 e. The minimum absolute atomic E-state index is 0.0516. The van der Waals surface area contributed by atoms with E-state index in [2.05, 4.69) is 12.0 Å². The lowest BCUT2D eigenvalue weighted by molar-refractivity contribution is 0.0673. The number of nitrogens with zero attached hydrogens (tertiary/aromatic N) is 3. The average Bonchev–Trinajstić information content (AvgIpc) is 2.79. The molecule has 0 unspecified atom stereocenters. The summed E-state index contributed by atoms with van der Waals surface area (Å²) in [5, 5.41) is 4.26. The van der Waals surface area contributed by atoms with Gasteiger partial charge in [-0.1, -0.05) is 6.92 Å². The molecule has 1 aliphatic carbocycles. The Bertz CT molecular complexity index is 446. The zero-order valence-electron chi connectivity index (χ0n) is 12.1. The third-order valence-corrected chi connectivity index (χ3v) is 4.17. The summed E-state index contributed by atoms with van der Waals surface area (Å²) in [5.41, 5.74) is 6.74. The fraction of sp³-hybridized carbons (Fsp3) is 0.714. The summed E-state index contributed by atoms with van der Waals surface area (Å²) in [5.74, 6) is 0.730. The number of aryl methyl sites for hydroxylation is 1. The van der Waals surface area contributed by atoms with E-state index in [1.165, 1.54) is 12.8 Å². The Kier molecular flexibility index (Phi) is 4.12. The molecule has 1 aromatic rings. The van der Waals surface area contributed by atoms with Gasteiger partial charge < -0.3 is 10.6 Å². The molecule has 1 aliphatic rings. The molecule has 0 aliphatic heterocycles. The number of carbonyl (C=O) groups excluding carboxylic acids is 1. The number of aromatic nitrogens is 2. The van der Waals surface area contributed by atoms with Crippen molar-refractivity contribution in [1.82, 2.24) is 14.7 Å². The fourth-order valence-electron chi connectivity index (χ4n) is 2.73. The minimum Gasteiger partial charge on any atom is -0.396 e. The van der Waals surface area contributed by atoms with Crippen LogP contribution in [0.25, 0.3) is 0 Å². The van der Waals surface area contributed by atoms with Gasteiger partial charge in [-0.05, 0) is 38.5 Å². The Balaban J connectivity index is 2.07. The number of carbonyl (C=O) groups is 1. The molecular weight excluding hydrogens is 240 g/mol. The minimum atomic E-state index is -0.0516. The molecule has 2 N–H and O–H groups in total. The van der Waals surface area contributed by atoms with Crippen molar-refractivity contribution in [2.75, 3.05) is 12.8 Å². The molecule has 1 amide bonds. The highest BCUT2D eigenvalue weighted by Gasteiger charge is 2.27. The molecule has 1 saturated carbocycles. The van der Waals surface area contributed by atoms with Crippen LogP contribution in [-0.2, 0) is 6.54 Å². The molecule has 1 heterocycles. The number of nitrogens with two attached hydrogens (primary N) is 1. The lowest BCUT2D eigenvalue weighted by Gasteiger charge is -2.33. The molecule has 1 fully saturated rings. The summed E-state index contributed by atoms with van der Waals surface area (Å²) in [6.07, 6.45) is 6.28. The topological polar surface area (TPSA) is 64.2 Å². The summed E-state index contributed by atoms with van der Waals surface area (Å²) in [6, 6.07) is 0.329. The monoisotopic (exact) mass is 264 g/mol. The van der Waals surface area contributed by atoms with Crippen LogP contribution in [0, 0.1) is 5.92 Å². The van der Waals surface area contributed by atoms with Crippen LogP contribution in [0.1, 0.15) is 50.0 Å². The van der Waals surface area contributed by atoms with E-state index in [4.69, 9.17) is 5.73 Å². The molecule has 0 atom stereocenters. The molecule has 0 radical (unpaired) electrons. The van der Waals surface area contributed by atoms with Crippen molar-refractivity contribution < 1.29 is 4.79 Å². The predicted octanol–water partition coefficient (Wildman–Crippen LogP) is 2.14. The number of hydrogen-bond acceptors (Lipinski definition) is 3. The third kappa shape index (κ3) is 2.91. The average molecular weight is 264 g/mol. The second-order valence-corrected chi connectivity index (χ2v) is 5.62. The Hall–Kier alpha value is -1.52. The van der Waals surface area contributed by atoms with Gasteiger partial charge in [0.15, 0.2) is 5.69 Å². The largest absolute Gasteiger partial charge is 0.396 e. The molecule has 0 spiro atoms. The number of nitrogen functional groups attached to an aromatic ring is 1. The van der Waals surface area contributed by atoms with Crippen LogP contribution < -0.4 is 5.73 Å². The highest BCUT2D eigenvalue weighted by atomic mass is 16.2. The van der Waals surface area contributed by atoms with Crippen LogP contribution in [-0.4, -0.2) is 33.7 Å². The van der Waals surface area contributed by atoms with E-state index < -0.39 is 0 Å². The maximum atomic E-state index is 12.4. The van der Waals surface area contributed by atoms with Gasteiger partial charge in [-0.25, -0.2) is 0 Å². The first-order valence-electron chi connectivity index (χ1n) is 7.13. The Morgan fingerprint density at radius 2 is 2.11 bits per heavy atom. The van der Waals surface area contributed by atoms with Crippen LogP contribution in [0.15, 0.2) is 6.20 Å². The summed E-state index contributed by atoms with van der Waals surface area (Å²) >= 11 is 0. The van der Waals surface area contributed by atoms with Gasteiger partial charge in [-0.15, -0.1) is 0 Å². The van der Waals surface area contributed by atoms with Gasteiger partial charge in [-0.2, -0.15) is 5.10 Å². The summed E-state index contributed by atoms with van der Waals surface area (Å²) in [4.78, 5) is 14.3. The van der Waals surface area contributed by atoms with Crippen LogP contribution in [0.3, 0.4) is 0 Å². The van der Waals surface area contributed by atoms with Gasteiger partial charge in [0.1, 0.15) is 0 Å². The standard InChI is InChI=1S/C14H24N4O/c1-4-18-9-12(15)13(16-18)14(19)17(3)11-7-5-10(2)6-8-11/h9-11H,4-8,15H2,1-3H3. The lowest BCUT2D eigenvalue weighted by Crippen LogP contribution is -2.39. The van der Waals surface area contributed by atoms with Crippen molar-refractivity contribution in [3.63, 3.8) is 0 Å².